The number of anilines is 2. The van der Waals surface area contributed by atoms with Crippen LogP contribution in [-0.4, -0.2) is 24.0 Å². The lowest BCUT2D eigenvalue weighted by Gasteiger charge is -2.31. The Hall–Kier alpha value is -1.88. The molecule has 0 unspecified atom stereocenters. The number of hydrogen-bond acceptors (Lipinski definition) is 3. The number of hydrogen-bond donors (Lipinski definition) is 1. The fraction of sp³-hybridized carbons (Fsp3) is 0.368. The summed E-state index contributed by atoms with van der Waals surface area (Å²) in [6, 6.07) is 9.59. The minimum Gasteiger partial charge on any atom is -0.357 e. The van der Waals surface area contributed by atoms with Crippen molar-refractivity contribution in [2.75, 3.05) is 23.3 Å². The van der Waals surface area contributed by atoms with E-state index in [2.05, 4.69) is 38.1 Å². The van der Waals surface area contributed by atoms with Crippen molar-refractivity contribution in [3.05, 3.63) is 52.1 Å². The molecule has 4 nitrogen and oxygen atoms in total. The van der Waals surface area contributed by atoms with Crippen molar-refractivity contribution >= 4 is 33.3 Å². The summed E-state index contributed by atoms with van der Waals surface area (Å²) in [5.74, 6) is 1.62. The SMILES string of the molecule is Cc1cc(Br)ccc1NC(=O)c1ccc(N2CCC(C)CC2)nc1. The number of aryl methyl sites for hydroxylation is 1. The zero-order valence-electron chi connectivity index (χ0n) is 14.1. The predicted octanol–water partition coefficient (Wildman–Crippen LogP) is 4.64. The first-order valence-corrected chi connectivity index (χ1v) is 9.11. The largest absolute Gasteiger partial charge is 0.357 e. The molecule has 1 N–H and O–H groups in total. The van der Waals surface area contributed by atoms with E-state index in [-0.39, 0.29) is 5.91 Å². The van der Waals surface area contributed by atoms with E-state index in [1.165, 1.54) is 12.8 Å². The summed E-state index contributed by atoms with van der Waals surface area (Å²) in [5.41, 5.74) is 2.41. The second-order valence-corrected chi connectivity index (χ2v) is 7.40. The molecule has 24 heavy (non-hydrogen) atoms. The molecule has 1 aromatic carbocycles. The van der Waals surface area contributed by atoms with Crippen molar-refractivity contribution in [2.24, 2.45) is 5.92 Å². The van der Waals surface area contributed by atoms with Crippen molar-refractivity contribution < 1.29 is 4.79 Å². The fourth-order valence-electron chi connectivity index (χ4n) is 2.91. The molecule has 1 amide bonds. The second kappa shape index (κ2) is 7.34. The Labute approximate surface area is 151 Å². The standard InChI is InChI=1S/C19H22BrN3O/c1-13-7-9-23(10-8-13)18-6-3-15(12-21-18)19(24)22-17-5-4-16(20)11-14(17)2/h3-6,11-13H,7-10H2,1-2H3,(H,22,24). The fourth-order valence-corrected chi connectivity index (χ4v) is 3.38. The molecule has 0 spiro atoms. The molecule has 2 heterocycles. The third-order valence-corrected chi connectivity index (χ3v) is 5.05. The highest BCUT2D eigenvalue weighted by Gasteiger charge is 2.17. The van der Waals surface area contributed by atoms with Gasteiger partial charge in [0.05, 0.1) is 5.56 Å². The monoisotopic (exact) mass is 387 g/mol. The van der Waals surface area contributed by atoms with E-state index in [0.717, 1.165) is 40.5 Å². The number of benzene rings is 1. The summed E-state index contributed by atoms with van der Waals surface area (Å²) >= 11 is 3.43. The number of carbonyl (C=O) groups excluding carboxylic acids is 1. The van der Waals surface area contributed by atoms with Crippen molar-refractivity contribution in [1.82, 2.24) is 4.98 Å². The van der Waals surface area contributed by atoms with Gasteiger partial charge in [-0.15, -0.1) is 0 Å². The molecule has 0 radical (unpaired) electrons. The van der Waals surface area contributed by atoms with Crippen LogP contribution in [0.5, 0.6) is 0 Å². The molecule has 1 aliphatic rings. The number of piperidine rings is 1. The lowest BCUT2D eigenvalue weighted by atomic mass is 9.99. The minimum atomic E-state index is -0.133. The van der Waals surface area contributed by atoms with Crippen LogP contribution in [0.15, 0.2) is 41.0 Å². The predicted molar refractivity (Wildman–Crippen MR) is 102 cm³/mol. The molecule has 2 aromatic rings. The van der Waals surface area contributed by atoms with E-state index in [4.69, 9.17) is 0 Å². The summed E-state index contributed by atoms with van der Waals surface area (Å²) in [6.45, 7) is 6.34. The van der Waals surface area contributed by atoms with Gasteiger partial charge in [-0.1, -0.05) is 22.9 Å². The molecular weight excluding hydrogens is 366 g/mol. The van der Waals surface area contributed by atoms with Gasteiger partial charge < -0.3 is 10.2 Å². The molecule has 1 fully saturated rings. The summed E-state index contributed by atoms with van der Waals surface area (Å²) in [7, 11) is 0. The van der Waals surface area contributed by atoms with Crippen molar-refractivity contribution in [3.63, 3.8) is 0 Å². The van der Waals surface area contributed by atoms with Crippen LogP contribution in [0.4, 0.5) is 11.5 Å². The Morgan fingerprint density at radius 2 is 2.00 bits per heavy atom. The minimum absolute atomic E-state index is 0.133. The Bertz CT molecular complexity index is 722. The van der Waals surface area contributed by atoms with Gasteiger partial charge in [-0.2, -0.15) is 0 Å². The highest BCUT2D eigenvalue weighted by atomic mass is 79.9. The van der Waals surface area contributed by atoms with Gasteiger partial charge in [0.2, 0.25) is 0 Å². The Kier molecular flexibility index (Phi) is 5.19. The van der Waals surface area contributed by atoms with Crippen molar-refractivity contribution in [2.45, 2.75) is 26.7 Å². The van der Waals surface area contributed by atoms with Gasteiger partial charge in [-0.3, -0.25) is 4.79 Å². The molecule has 0 bridgehead atoms. The number of halogens is 1. The van der Waals surface area contributed by atoms with Crippen LogP contribution < -0.4 is 10.2 Å². The van der Waals surface area contributed by atoms with Crippen LogP contribution in [-0.2, 0) is 0 Å². The van der Waals surface area contributed by atoms with Crippen LogP contribution in [0, 0.1) is 12.8 Å². The lowest BCUT2D eigenvalue weighted by molar-refractivity contribution is 0.102. The van der Waals surface area contributed by atoms with Crippen molar-refractivity contribution in [3.8, 4) is 0 Å². The number of pyridine rings is 1. The maximum Gasteiger partial charge on any atom is 0.257 e. The Morgan fingerprint density at radius 3 is 2.62 bits per heavy atom. The first-order valence-electron chi connectivity index (χ1n) is 8.31. The highest BCUT2D eigenvalue weighted by Crippen LogP contribution is 2.23. The van der Waals surface area contributed by atoms with E-state index < -0.39 is 0 Å². The summed E-state index contributed by atoms with van der Waals surface area (Å²) in [5, 5.41) is 2.95. The summed E-state index contributed by atoms with van der Waals surface area (Å²) < 4.78 is 1.000. The number of nitrogens with zero attached hydrogens (tertiary/aromatic N) is 2. The van der Waals surface area contributed by atoms with E-state index in [1.54, 1.807) is 6.20 Å². The van der Waals surface area contributed by atoms with Crippen LogP contribution in [0.3, 0.4) is 0 Å². The van der Waals surface area contributed by atoms with E-state index >= 15 is 0 Å². The Balaban J connectivity index is 1.67. The van der Waals surface area contributed by atoms with Gasteiger partial charge in [-0.25, -0.2) is 4.98 Å². The number of amides is 1. The van der Waals surface area contributed by atoms with Gasteiger partial charge in [0.1, 0.15) is 5.82 Å². The molecule has 1 aliphatic heterocycles. The quantitative estimate of drug-likeness (QED) is 0.833. The van der Waals surface area contributed by atoms with Gasteiger partial charge in [0.25, 0.3) is 5.91 Å². The summed E-state index contributed by atoms with van der Waals surface area (Å²) in [4.78, 5) is 19.2. The van der Waals surface area contributed by atoms with E-state index in [1.807, 2.05) is 37.3 Å². The van der Waals surface area contributed by atoms with Crippen LogP contribution >= 0.6 is 15.9 Å². The second-order valence-electron chi connectivity index (χ2n) is 6.49. The zero-order valence-corrected chi connectivity index (χ0v) is 15.6. The molecule has 5 heteroatoms. The van der Waals surface area contributed by atoms with E-state index in [9.17, 15) is 4.79 Å². The number of aromatic nitrogens is 1. The molecule has 0 aliphatic carbocycles. The zero-order chi connectivity index (χ0) is 17.1. The van der Waals surface area contributed by atoms with Crippen molar-refractivity contribution in [1.29, 1.82) is 0 Å². The van der Waals surface area contributed by atoms with Crippen LogP contribution in [0.25, 0.3) is 0 Å². The van der Waals surface area contributed by atoms with Crippen LogP contribution in [0.2, 0.25) is 0 Å². The molecule has 1 saturated heterocycles. The average Bonchev–Trinajstić information content (AvgIpc) is 2.58. The first-order chi connectivity index (χ1) is 11.5. The normalized spacial score (nSPS) is 15.4. The molecular formula is C19H22BrN3O. The van der Waals surface area contributed by atoms with Gasteiger partial charge in [0, 0.05) is 29.4 Å². The molecule has 126 valence electrons. The summed E-state index contributed by atoms with van der Waals surface area (Å²) in [6.07, 6.45) is 4.07. The third kappa shape index (κ3) is 3.96. The van der Waals surface area contributed by atoms with Gasteiger partial charge in [0.15, 0.2) is 0 Å². The topological polar surface area (TPSA) is 45.2 Å². The number of carbonyl (C=O) groups is 1. The maximum atomic E-state index is 12.4. The van der Waals surface area contributed by atoms with E-state index in [0.29, 0.717) is 5.56 Å². The Morgan fingerprint density at radius 1 is 1.25 bits per heavy atom. The van der Waals surface area contributed by atoms with Crippen LogP contribution in [0.1, 0.15) is 35.7 Å². The number of rotatable bonds is 3. The highest BCUT2D eigenvalue weighted by molar-refractivity contribution is 9.10. The molecule has 3 rings (SSSR count). The van der Waals surface area contributed by atoms with Gasteiger partial charge in [-0.05, 0) is 61.6 Å². The third-order valence-electron chi connectivity index (χ3n) is 4.55. The smallest absolute Gasteiger partial charge is 0.257 e. The molecule has 0 atom stereocenters. The maximum absolute atomic E-state index is 12.4. The molecule has 0 saturated carbocycles. The average molecular weight is 388 g/mol. The lowest BCUT2D eigenvalue weighted by Crippen LogP contribution is -2.33. The van der Waals surface area contributed by atoms with Gasteiger partial charge >= 0.3 is 0 Å². The number of nitrogens with one attached hydrogen (secondary N) is 1. The first kappa shape index (κ1) is 17.0. The molecule has 1 aromatic heterocycles.